The van der Waals surface area contributed by atoms with Crippen molar-refractivity contribution in [1.82, 2.24) is 4.90 Å². The number of allylic oxidation sites excluding steroid dienone is 3. The van der Waals surface area contributed by atoms with Gasteiger partial charge in [-0.1, -0.05) is 23.3 Å². The number of carbonyl (C=O) groups excluding carboxylic acids is 1. The molecule has 0 rings (SSSR count). The van der Waals surface area contributed by atoms with Gasteiger partial charge >= 0.3 is 12.1 Å². The number of nitrogens with zero attached hydrogens (tertiary/aromatic N) is 1. The Morgan fingerprint density at radius 1 is 1.11 bits per heavy atom. The van der Waals surface area contributed by atoms with Gasteiger partial charge in [0.2, 0.25) is 0 Å². The van der Waals surface area contributed by atoms with E-state index in [1.165, 1.54) is 12.6 Å². The smallest absolute Gasteiger partial charge is 0.338 e. The van der Waals surface area contributed by atoms with E-state index in [1.54, 1.807) is 0 Å². The summed E-state index contributed by atoms with van der Waals surface area (Å²) in [5, 5.41) is 0. The van der Waals surface area contributed by atoms with Crippen LogP contribution in [0.15, 0.2) is 23.3 Å². The SMILES string of the molecule is CC(C)=CCC/C(C)=C/CCN(C)C(=O)C(F)(F)F. The topological polar surface area (TPSA) is 20.3 Å². The van der Waals surface area contributed by atoms with Crippen LogP contribution >= 0.6 is 0 Å². The zero-order chi connectivity index (χ0) is 15.1. The largest absolute Gasteiger partial charge is 0.471 e. The van der Waals surface area contributed by atoms with E-state index in [0.29, 0.717) is 11.3 Å². The Morgan fingerprint density at radius 2 is 1.68 bits per heavy atom. The van der Waals surface area contributed by atoms with E-state index in [4.69, 9.17) is 0 Å². The second kappa shape index (κ2) is 8.02. The molecule has 110 valence electrons. The summed E-state index contributed by atoms with van der Waals surface area (Å²) in [5.74, 6) is -1.79. The number of rotatable bonds is 6. The minimum Gasteiger partial charge on any atom is -0.338 e. The monoisotopic (exact) mass is 277 g/mol. The standard InChI is InChI=1S/C14H22F3NO/c1-11(2)7-5-8-12(3)9-6-10-18(4)13(19)14(15,16)17/h7,9H,5-6,8,10H2,1-4H3/b12-9+. The zero-order valence-electron chi connectivity index (χ0n) is 12.0. The third-order valence-corrected chi connectivity index (χ3v) is 2.64. The van der Waals surface area contributed by atoms with Gasteiger partial charge < -0.3 is 4.90 Å². The number of hydrogen-bond acceptors (Lipinski definition) is 1. The van der Waals surface area contributed by atoms with E-state index in [0.717, 1.165) is 18.4 Å². The minimum atomic E-state index is -4.78. The van der Waals surface area contributed by atoms with Gasteiger partial charge in [-0.15, -0.1) is 0 Å². The van der Waals surface area contributed by atoms with Crippen molar-refractivity contribution < 1.29 is 18.0 Å². The van der Waals surface area contributed by atoms with Crippen LogP contribution in [0.2, 0.25) is 0 Å². The highest BCUT2D eigenvalue weighted by molar-refractivity contribution is 5.81. The van der Waals surface area contributed by atoms with Crippen LogP contribution in [0.5, 0.6) is 0 Å². The maximum absolute atomic E-state index is 12.1. The fraction of sp³-hybridized carbons (Fsp3) is 0.643. The highest BCUT2D eigenvalue weighted by atomic mass is 19.4. The van der Waals surface area contributed by atoms with Crippen molar-refractivity contribution >= 4 is 5.91 Å². The molecule has 0 spiro atoms. The van der Waals surface area contributed by atoms with Gasteiger partial charge in [0, 0.05) is 13.6 Å². The summed E-state index contributed by atoms with van der Waals surface area (Å²) < 4.78 is 36.3. The van der Waals surface area contributed by atoms with Gasteiger partial charge in [-0.2, -0.15) is 13.2 Å². The molecular weight excluding hydrogens is 255 g/mol. The van der Waals surface area contributed by atoms with Gasteiger partial charge in [0.1, 0.15) is 0 Å². The van der Waals surface area contributed by atoms with Crippen LogP contribution in [-0.4, -0.2) is 30.6 Å². The maximum Gasteiger partial charge on any atom is 0.471 e. The van der Waals surface area contributed by atoms with Gasteiger partial charge in [-0.25, -0.2) is 0 Å². The van der Waals surface area contributed by atoms with Crippen molar-refractivity contribution in [3.63, 3.8) is 0 Å². The third kappa shape index (κ3) is 8.46. The Morgan fingerprint density at radius 3 is 2.16 bits per heavy atom. The lowest BCUT2D eigenvalue weighted by molar-refractivity contribution is -0.183. The molecule has 0 aromatic heterocycles. The average Bonchev–Trinajstić information content (AvgIpc) is 2.26. The first-order valence-corrected chi connectivity index (χ1v) is 6.26. The van der Waals surface area contributed by atoms with E-state index in [9.17, 15) is 18.0 Å². The Hall–Kier alpha value is -1.26. The summed E-state index contributed by atoms with van der Waals surface area (Å²) in [4.78, 5) is 11.6. The second-order valence-corrected chi connectivity index (χ2v) is 4.88. The summed E-state index contributed by atoms with van der Waals surface area (Å²) in [5.41, 5.74) is 2.38. The van der Waals surface area contributed by atoms with Crippen LogP contribution in [0.4, 0.5) is 13.2 Å². The predicted molar refractivity (Wildman–Crippen MR) is 70.7 cm³/mol. The molecule has 0 saturated carbocycles. The van der Waals surface area contributed by atoms with Crippen molar-refractivity contribution in [1.29, 1.82) is 0 Å². The van der Waals surface area contributed by atoms with Crippen LogP contribution in [0.1, 0.15) is 40.0 Å². The number of amides is 1. The van der Waals surface area contributed by atoms with Crippen molar-refractivity contribution in [2.45, 2.75) is 46.2 Å². The molecule has 0 saturated heterocycles. The predicted octanol–water partition coefficient (Wildman–Crippen LogP) is 4.09. The van der Waals surface area contributed by atoms with Crippen LogP contribution < -0.4 is 0 Å². The Kier molecular flexibility index (Phi) is 7.49. The van der Waals surface area contributed by atoms with Crippen LogP contribution in [-0.2, 0) is 4.79 Å². The molecule has 19 heavy (non-hydrogen) atoms. The van der Waals surface area contributed by atoms with E-state index in [-0.39, 0.29) is 6.54 Å². The Labute approximate surface area is 113 Å². The highest BCUT2D eigenvalue weighted by Crippen LogP contribution is 2.17. The number of hydrogen-bond donors (Lipinski definition) is 0. The van der Waals surface area contributed by atoms with Gasteiger partial charge in [-0.05, 0) is 40.0 Å². The van der Waals surface area contributed by atoms with Crippen LogP contribution in [0.3, 0.4) is 0 Å². The summed E-state index contributed by atoms with van der Waals surface area (Å²) >= 11 is 0. The van der Waals surface area contributed by atoms with Gasteiger partial charge in [-0.3, -0.25) is 4.79 Å². The van der Waals surface area contributed by atoms with Crippen molar-refractivity contribution in [3.8, 4) is 0 Å². The molecule has 0 aliphatic carbocycles. The highest BCUT2D eigenvalue weighted by Gasteiger charge is 2.40. The van der Waals surface area contributed by atoms with E-state index >= 15 is 0 Å². The quantitative estimate of drug-likeness (QED) is 0.670. The van der Waals surface area contributed by atoms with Crippen molar-refractivity contribution in [3.05, 3.63) is 23.3 Å². The van der Waals surface area contributed by atoms with Gasteiger partial charge in [0.15, 0.2) is 0 Å². The summed E-state index contributed by atoms with van der Waals surface area (Å²) in [6, 6.07) is 0. The first kappa shape index (κ1) is 17.7. The van der Waals surface area contributed by atoms with Crippen LogP contribution in [0, 0.1) is 0 Å². The molecule has 0 bridgehead atoms. The molecule has 5 heteroatoms. The lowest BCUT2D eigenvalue weighted by Crippen LogP contribution is -2.38. The molecule has 0 aliphatic rings. The van der Waals surface area contributed by atoms with Crippen molar-refractivity contribution in [2.24, 2.45) is 0 Å². The normalized spacial score (nSPS) is 12.3. The van der Waals surface area contributed by atoms with Crippen molar-refractivity contribution in [2.75, 3.05) is 13.6 Å². The molecule has 0 radical (unpaired) electrons. The minimum absolute atomic E-state index is 0.0817. The van der Waals surface area contributed by atoms with E-state index in [1.807, 2.05) is 26.8 Å². The lowest BCUT2D eigenvalue weighted by Gasteiger charge is -2.17. The molecule has 0 fully saturated rings. The summed E-state index contributed by atoms with van der Waals surface area (Å²) in [6.07, 6.45) is 1.50. The Balaban J connectivity index is 4.07. The van der Waals surface area contributed by atoms with Gasteiger partial charge in [0.25, 0.3) is 0 Å². The lowest BCUT2D eigenvalue weighted by atomic mass is 10.1. The molecule has 1 amide bonds. The fourth-order valence-electron chi connectivity index (χ4n) is 1.51. The molecule has 0 unspecified atom stereocenters. The van der Waals surface area contributed by atoms with Crippen LogP contribution in [0.25, 0.3) is 0 Å². The Bertz CT molecular complexity index is 352. The van der Waals surface area contributed by atoms with E-state index in [2.05, 4.69) is 6.08 Å². The number of alkyl halides is 3. The molecule has 0 heterocycles. The molecular formula is C14H22F3NO. The first-order chi connectivity index (χ1) is 8.64. The fourth-order valence-corrected chi connectivity index (χ4v) is 1.51. The van der Waals surface area contributed by atoms with E-state index < -0.39 is 12.1 Å². The zero-order valence-corrected chi connectivity index (χ0v) is 12.0. The molecule has 0 aliphatic heterocycles. The summed E-state index contributed by atoms with van der Waals surface area (Å²) in [7, 11) is 1.17. The molecule has 0 aromatic carbocycles. The number of carbonyl (C=O) groups is 1. The second-order valence-electron chi connectivity index (χ2n) is 4.88. The first-order valence-electron chi connectivity index (χ1n) is 6.26. The van der Waals surface area contributed by atoms with Gasteiger partial charge in [0.05, 0.1) is 0 Å². The number of halogens is 3. The maximum atomic E-state index is 12.1. The summed E-state index contributed by atoms with van der Waals surface area (Å²) in [6.45, 7) is 6.08. The average molecular weight is 277 g/mol. The molecule has 0 atom stereocenters. The molecule has 0 N–H and O–H groups in total. The molecule has 0 aromatic rings. The third-order valence-electron chi connectivity index (χ3n) is 2.64. The molecule has 2 nitrogen and oxygen atoms in total.